The highest BCUT2D eigenvalue weighted by molar-refractivity contribution is 14.1. The fraction of sp³-hybridized carbons (Fsp3) is 0.133. The molecule has 2 nitrogen and oxygen atoms in total. The number of rotatable bonds is 3. The van der Waals surface area contributed by atoms with Gasteiger partial charge in [-0.2, -0.15) is 0 Å². The molecule has 1 N–H and O–H groups in total. The van der Waals surface area contributed by atoms with Gasteiger partial charge in [0.1, 0.15) is 0 Å². The third kappa shape index (κ3) is 3.94. The summed E-state index contributed by atoms with van der Waals surface area (Å²) in [5.41, 5.74) is 2.87. The second-order valence-corrected chi connectivity index (χ2v) is 5.87. The summed E-state index contributed by atoms with van der Waals surface area (Å²) in [5.74, 6) is -0.112. The standard InChI is InChI=1S/C15H13ClINO/c1-10-2-4-11(5-3-10)9-18-15(19)12-6-7-14(17)13(16)8-12/h2-8H,9H2,1H3,(H,18,19). The second-order valence-electron chi connectivity index (χ2n) is 4.30. The molecule has 0 spiro atoms. The zero-order valence-electron chi connectivity index (χ0n) is 10.4. The van der Waals surface area contributed by atoms with Crippen LogP contribution < -0.4 is 5.32 Å². The Bertz CT molecular complexity index is 596. The van der Waals surface area contributed by atoms with Gasteiger partial charge in [-0.15, -0.1) is 0 Å². The van der Waals surface area contributed by atoms with Gasteiger partial charge in [-0.05, 0) is 53.3 Å². The van der Waals surface area contributed by atoms with Gasteiger partial charge in [-0.3, -0.25) is 4.79 Å². The molecule has 0 heterocycles. The summed E-state index contributed by atoms with van der Waals surface area (Å²) in [6.07, 6.45) is 0. The van der Waals surface area contributed by atoms with Crippen LogP contribution in [0.3, 0.4) is 0 Å². The molecule has 0 aromatic heterocycles. The van der Waals surface area contributed by atoms with Crippen LogP contribution in [0.4, 0.5) is 0 Å². The first kappa shape index (κ1) is 14.3. The highest BCUT2D eigenvalue weighted by atomic mass is 127. The maximum atomic E-state index is 12.0. The normalized spacial score (nSPS) is 10.3. The first-order valence-electron chi connectivity index (χ1n) is 5.85. The molecule has 98 valence electrons. The smallest absolute Gasteiger partial charge is 0.251 e. The first-order valence-corrected chi connectivity index (χ1v) is 7.31. The van der Waals surface area contributed by atoms with Crippen LogP contribution in [0.15, 0.2) is 42.5 Å². The Kier molecular flexibility index (Phi) is 4.82. The van der Waals surface area contributed by atoms with Crippen LogP contribution >= 0.6 is 34.2 Å². The average molecular weight is 386 g/mol. The Balaban J connectivity index is 2.01. The highest BCUT2D eigenvalue weighted by Gasteiger charge is 2.07. The third-order valence-electron chi connectivity index (χ3n) is 2.76. The van der Waals surface area contributed by atoms with E-state index in [-0.39, 0.29) is 5.91 Å². The number of aryl methyl sites for hydroxylation is 1. The topological polar surface area (TPSA) is 29.1 Å². The minimum atomic E-state index is -0.112. The van der Waals surface area contributed by atoms with Gasteiger partial charge >= 0.3 is 0 Å². The van der Waals surface area contributed by atoms with Crippen LogP contribution in [0, 0.1) is 10.5 Å². The molecular weight excluding hydrogens is 373 g/mol. The number of benzene rings is 2. The van der Waals surface area contributed by atoms with Gasteiger partial charge in [0.2, 0.25) is 0 Å². The van der Waals surface area contributed by atoms with E-state index in [0.717, 1.165) is 9.13 Å². The lowest BCUT2D eigenvalue weighted by molar-refractivity contribution is 0.0951. The molecule has 0 aliphatic rings. The summed E-state index contributed by atoms with van der Waals surface area (Å²) in [4.78, 5) is 12.0. The summed E-state index contributed by atoms with van der Waals surface area (Å²) in [6.45, 7) is 2.55. The lowest BCUT2D eigenvalue weighted by Crippen LogP contribution is -2.22. The van der Waals surface area contributed by atoms with Gasteiger partial charge in [0.25, 0.3) is 5.91 Å². The van der Waals surface area contributed by atoms with E-state index in [1.165, 1.54) is 5.56 Å². The molecule has 2 rings (SSSR count). The predicted octanol–water partition coefficient (Wildman–Crippen LogP) is 4.18. The quantitative estimate of drug-likeness (QED) is 0.789. The van der Waals surface area contributed by atoms with Crippen LogP contribution in [-0.2, 0) is 6.54 Å². The van der Waals surface area contributed by atoms with E-state index >= 15 is 0 Å². The van der Waals surface area contributed by atoms with Crippen molar-refractivity contribution in [2.45, 2.75) is 13.5 Å². The zero-order valence-corrected chi connectivity index (χ0v) is 13.3. The van der Waals surface area contributed by atoms with E-state index in [1.54, 1.807) is 12.1 Å². The number of hydrogen-bond acceptors (Lipinski definition) is 1. The zero-order chi connectivity index (χ0) is 13.8. The molecule has 4 heteroatoms. The molecule has 2 aromatic carbocycles. The van der Waals surface area contributed by atoms with Crippen LogP contribution in [0.5, 0.6) is 0 Å². The van der Waals surface area contributed by atoms with Gasteiger partial charge in [0.15, 0.2) is 0 Å². The third-order valence-corrected chi connectivity index (χ3v) is 4.33. The Morgan fingerprint density at radius 3 is 2.53 bits per heavy atom. The molecule has 0 aliphatic carbocycles. The van der Waals surface area contributed by atoms with Crippen LogP contribution in [0.2, 0.25) is 5.02 Å². The Hall–Kier alpha value is -1.07. The molecule has 0 bridgehead atoms. The maximum absolute atomic E-state index is 12.0. The number of carbonyl (C=O) groups excluding carboxylic acids is 1. The number of carbonyl (C=O) groups is 1. The molecule has 0 fully saturated rings. The molecule has 1 amide bonds. The van der Waals surface area contributed by atoms with Gasteiger partial charge < -0.3 is 5.32 Å². The van der Waals surface area contributed by atoms with Crippen molar-refractivity contribution in [3.8, 4) is 0 Å². The summed E-state index contributed by atoms with van der Waals surface area (Å²) in [7, 11) is 0. The Morgan fingerprint density at radius 2 is 1.89 bits per heavy atom. The molecule has 19 heavy (non-hydrogen) atoms. The highest BCUT2D eigenvalue weighted by Crippen LogP contribution is 2.19. The molecular formula is C15H13ClINO. The van der Waals surface area contributed by atoms with Crippen molar-refractivity contribution in [1.29, 1.82) is 0 Å². The number of amides is 1. The van der Waals surface area contributed by atoms with Gasteiger partial charge in [-0.25, -0.2) is 0 Å². The number of hydrogen-bond donors (Lipinski definition) is 1. The largest absolute Gasteiger partial charge is 0.348 e. The van der Waals surface area contributed by atoms with E-state index < -0.39 is 0 Å². The van der Waals surface area contributed by atoms with E-state index in [4.69, 9.17) is 11.6 Å². The van der Waals surface area contributed by atoms with Crippen molar-refractivity contribution in [3.63, 3.8) is 0 Å². The summed E-state index contributed by atoms with van der Waals surface area (Å²) in [5, 5.41) is 3.48. The van der Waals surface area contributed by atoms with Gasteiger partial charge in [0, 0.05) is 15.7 Å². The molecule has 2 aromatic rings. The van der Waals surface area contributed by atoms with Crippen molar-refractivity contribution in [1.82, 2.24) is 5.32 Å². The predicted molar refractivity (Wildman–Crippen MR) is 86.5 cm³/mol. The van der Waals surface area contributed by atoms with Crippen molar-refractivity contribution in [2.75, 3.05) is 0 Å². The van der Waals surface area contributed by atoms with E-state index in [2.05, 4.69) is 27.9 Å². The monoisotopic (exact) mass is 385 g/mol. The van der Waals surface area contributed by atoms with E-state index in [9.17, 15) is 4.79 Å². The molecule has 0 saturated carbocycles. The average Bonchev–Trinajstić information content (AvgIpc) is 2.41. The SMILES string of the molecule is Cc1ccc(CNC(=O)c2ccc(I)c(Cl)c2)cc1. The number of halogens is 2. The van der Waals surface area contributed by atoms with Crippen molar-refractivity contribution in [3.05, 3.63) is 67.7 Å². The van der Waals surface area contributed by atoms with Crippen molar-refractivity contribution in [2.24, 2.45) is 0 Å². The lowest BCUT2D eigenvalue weighted by Gasteiger charge is -2.06. The van der Waals surface area contributed by atoms with E-state index in [0.29, 0.717) is 17.1 Å². The maximum Gasteiger partial charge on any atom is 0.251 e. The van der Waals surface area contributed by atoms with Crippen molar-refractivity contribution < 1.29 is 4.79 Å². The summed E-state index contributed by atoms with van der Waals surface area (Å²) >= 11 is 8.14. The van der Waals surface area contributed by atoms with Crippen molar-refractivity contribution >= 4 is 40.1 Å². The minimum absolute atomic E-state index is 0.112. The summed E-state index contributed by atoms with van der Waals surface area (Å²) < 4.78 is 0.939. The van der Waals surface area contributed by atoms with Crippen LogP contribution in [0.25, 0.3) is 0 Å². The fourth-order valence-electron chi connectivity index (χ4n) is 1.63. The van der Waals surface area contributed by atoms with Gasteiger partial charge in [-0.1, -0.05) is 41.4 Å². The molecule has 0 unspecified atom stereocenters. The van der Waals surface area contributed by atoms with E-state index in [1.807, 2.05) is 37.3 Å². The Labute approximate surface area is 131 Å². The summed E-state index contributed by atoms with van der Waals surface area (Å²) in [6, 6.07) is 13.4. The van der Waals surface area contributed by atoms with Crippen LogP contribution in [-0.4, -0.2) is 5.91 Å². The fourth-order valence-corrected chi connectivity index (χ4v) is 2.14. The number of nitrogens with one attached hydrogen (secondary N) is 1. The lowest BCUT2D eigenvalue weighted by atomic mass is 10.1. The molecule has 0 saturated heterocycles. The van der Waals surface area contributed by atoms with Gasteiger partial charge in [0.05, 0.1) is 5.02 Å². The minimum Gasteiger partial charge on any atom is -0.348 e. The molecule has 0 aliphatic heterocycles. The molecule has 0 atom stereocenters. The Morgan fingerprint density at radius 1 is 1.21 bits per heavy atom. The molecule has 0 radical (unpaired) electrons. The van der Waals surface area contributed by atoms with Crippen LogP contribution in [0.1, 0.15) is 21.5 Å². The second kappa shape index (κ2) is 6.39. The first-order chi connectivity index (χ1) is 9.06.